The summed E-state index contributed by atoms with van der Waals surface area (Å²) in [6, 6.07) is 2.85. The lowest BCUT2D eigenvalue weighted by atomic mass is 10.2. The number of carbonyl (C=O) groups excluding carboxylic acids is 1. The van der Waals surface area contributed by atoms with Gasteiger partial charge in [-0.05, 0) is 44.1 Å². The number of carbonyl (C=O) groups is 2. The number of amides is 2. The maximum atomic E-state index is 13.6. The number of nitrogens with zero attached hydrogens (tertiary/aromatic N) is 1. The van der Waals surface area contributed by atoms with Gasteiger partial charge in [-0.2, -0.15) is 0 Å². The summed E-state index contributed by atoms with van der Waals surface area (Å²) in [6.45, 7) is 3.36. The number of hydrogen-bond acceptors (Lipinski definition) is 3. The second-order valence-corrected chi connectivity index (χ2v) is 4.93. The molecule has 2 amide bonds. The normalized spacial score (nSPS) is 14.9. The van der Waals surface area contributed by atoms with Gasteiger partial charge in [0.2, 0.25) is 0 Å². The van der Waals surface area contributed by atoms with Crippen molar-refractivity contribution in [1.29, 1.82) is 0 Å². The number of rotatable bonds is 5. The molecule has 1 heterocycles. The van der Waals surface area contributed by atoms with Crippen molar-refractivity contribution in [3.8, 4) is 0 Å². The van der Waals surface area contributed by atoms with Crippen LogP contribution < -0.4 is 10.6 Å². The Bertz CT molecular complexity index is 530. The van der Waals surface area contributed by atoms with Crippen LogP contribution >= 0.6 is 0 Å². The van der Waals surface area contributed by atoms with Gasteiger partial charge in [-0.15, -0.1) is 0 Å². The van der Waals surface area contributed by atoms with Crippen LogP contribution in [0.25, 0.3) is 0 Å². The molecule has 0 unspecified atom stereocenters. The molecule has 0 atom stereocenters. The lowest BCUT2D eigenvalue weighted by Gasteiger charge is -2.15. The Morgan fingerprint density at radius 1 is 1.29 bits per heavy atom. The van der Waals surface area contributed by atoms with Crippen LogP contribution in [0.1, 0.15) is 23.2 Å². The summed E-state index contributed by atoms with van der Waals surface area (Å²) in [6.07, 6.45) is 2.38. The molecule has 1 aliphatic heterocycles. The topological polar surface area (TPSA) is 81.7 Å². The Morgan fingerprint density at radius 3 is 2.62 bits per heavy atom. The second-order valence-electron chi connectivity index (χ2n) is 4.93. The van der Waals surface area contributed by atoms with E-state index in [-0.39, 0.29) is 11.3 Å². The number of nitrogens with one attached hydrogen (secondary N) is 2. The summed E-state index contributed by atoms with van der Waals surface area (Å²) < 4.78 is 13.6. The number of carboxylic acid groups (broad SMARTS) is 1. The van der Waals surface area contributed by atoms with Gasteiger partial charge < -0.3 is 20.6 Å². The van der Waals surface area contributed by atoms with Crippen molar-refractivity contribution >= 4 is 17.7 Å². The lowest BCUT2D eigenvalue weighted by Crippen LogP contribution is -2.36. The molecule has 3 N–H and O–H groups in total. The molecular weight excluding hydrogens is 277 g/mol. The number of anilines is 1. The molecule has 0 spiro atoms. The molecule has 1 fully saturated rings. The summed E-state index contributed by atoms with van der Waals surface area (Å²) in [5.74, 6) is -1.99. The minimum absolute atomic E-state index is 0.0429. The monoisotopic (exact) mass is 295 g/mol. The van der Waals surface area contributed by atoms with Crippen LogP contribution in [0.4, 0.5) is 14.9 Å². The van der Waals surface area contributed by atoms with E-state index in [4.69, 9.17) is 5.11 Å². The van der Waals surface area contributed by atoms with Crippen molar-refractivity contribution in [2.75, 3.05) is 31.5 Å². The van der Waals surface area contributed by atoms with E-state index in [1.807, 2.05) is 0 Å². The van der Waals surface area contributed by atoms with Crippen molar-refractivity contribution in [3.63, 3.8) is 0 Å². The number of urea groups is 1. The van der Waals surface area contributed by atoms with Crippen LogP contribution in [-0.4, -0.2) is 48.2 Å². The number of aromatic carboxylic acids is 1. The van der Waals surface area contributed by atoms with E-state index in [1.165, 1.54) is 25.0 Å². The largest absolute Gasteiger partial charge is 0.478 e. The molecule has 6 nitrogen and oxygen atoms in total. The zero-order valence-electron chi connectivity index (χ0n) is 11.6. The van der Waals surface area contributed by atoms with Crippen LogP contribution in [0.5, 0.6) is 0 Å². The van der Waals surface area contributed by atoms with E-state index in [2.05, 4.69) is 15.5 Å². The average Bonchev–Trinajstić information content (AvgIpc) is 2.94. The lowest BCUT2D eigenvalue weighted by molar-refractivity contribution is 0.0696. The highest BCUT2D eigenvalue weighted by Gasteiger charge is 2.12. The van der Waals surface area contributed by atoms with Gasteiger partial charge in [0.1, 0.15) is 5.82 Å². The highest BCUT2D eigenvalue weighted by atomic mass is 19.1. The van der Waals surface area contributed by atoms with Crippen molar-refractivity contribution in [3.05, 3.63) is 29.6 Å². The van der Waals surface area contributed by atoms with E-state index >= 15 is 0 Å². The maximum absolute atomic E-state index is 13.6. The third-order valence-corrected chi connectivity index (χ3v) is 3.38. The zero-order chi connectivity index (χ0) is 15.2. The standard InChI is InChI=1S/C14H18FN3O3/c15-11-9-10(13(19)20)3-4-12(11)17-14(21)16-5-8-18-6-1-2-7-18/h3-4,9H,1-2,5-8H2,(H,19,20)(H2,16,17,21). The SMILES string of the molecule is O=C(NCCN1CCCC1)Nc1ccc(C(=O)O)cc1F. The van der Waals surface area contributed by atoms with E-state index in [0.717, 1.165) is 25.7 Å². The predicted molar refractivity (Wildman–Crippen MR) is 76.1 cm³/mol. The molecule has 0 saturated carbocycles. The summed E-state index contributed by atoms with van der Waals surface area (Å²) in [5.41, 5.74) is -0.203. The van der Waals surface area contributed by atoms with Gasteiger partial charge >= 0.3 is 12.0 Å². The maximum Gasteiger partial charge on any atom is 0.335 e. The fourth-order valence-electron chi connectivity index (χ4n) is 2.25. The second kappa shape index (κ2) is 7.03. The quantitative estimate of drug-likeness (QED) is 0.773. The van der Waals surface area contributed by atoms with Gasteiger partial charge in [0.25, 0.3) is 0 Å². The van der Waals surface area contributed by atoms with E-state index in [1.54, 1.807) is 0 Å². The first kappa shape index (κ1) is 15.2. The number of benzene rings is 1. The Kier molecular flexibility index (Phi) is 5.10. The van der Waals surface area contributed by atoms with Gasteiger partial charge in [0.05, 0.1) is 11.3 Å². The first-order valence-corrected chi connectivity index (χ1v) is 6.86. The molecule has 1 saturated heterocycles. The summed E-state index contributed by atoms with van der Waals surface area (Å²) in [7, 11) is 0. The molecule has 7 heteroatoms. The fraction of sp³-hybridized carbons (Fsp3) is 0.429. The Balaban J connectivity index is 1.80. The van der Waals surface area contributed by atoms with Crippen LogP contribution in [0.3, 0.4) is 0 Å². The molecule has 0 aliphatic carbocycles. The Labute approximate surface area is 121 Å². The summed E-state index contributed by atoms with van der Waals surface area (Å²) >= 11 is 0. The molecule has 114 valence electrons. The van der Waals surface area contributed by atoms with Crippen molar-refractivity contribution in [2.45, 2.75) is 12.8 Å². The van der Waals surface area contributed by atoms with E-state index in [9.17, 15) is 14.0 Å². The van der Waals surface area contributed by atoms with Gasteiger partial charge in [0, 0.05) is 13.1 Å². The van der Waals surface area contributed by atoms with Crippen LogP contribution in [0.15, 0.2) is 18.2 Å². The van der Waals surface area contributed by atoms with Crippen molar-refractivity contribution in [1.82, 2.24) is 10.2 Å². The van der Waals surface area contributed by atoms with Crippen LogP contribution in [0, 0.1) is 5.82 Å². The fourth-order valence-corrected chi connectivity index (χ4v) is 2.25. The Morgan fingerprint density at radius 2 is 2.00 bits per heavy atom. The minimum atomic E-state index is -1.21. The van der Waals surface area contributed by atoms with Gasteiger partial charge in [-0.25, -0.2) is 14.0 Å². The third-order valence-electron chi connectivity index (χ3n) is 3.38. The number of halogens is 1. The van der Waals surface area contributed by atoms with Gasteiger partial charge in [-0.3, -0.25) is 0 Å². The van der Waals surface area contributed by atoms with Crippen LogP contribution in [-0.2, 0) is 0 Å². The minimum Gasteiger partial charge on any atom is -0.478 e. The number of carboxylic acids is 1. The first-order valence-electron chi connectivity index (χ1n) is 6.86. The summed E-state index contributed by atoms with van der Waals surface area (Å²) in [4.78, 5) is 24.6. The van der Waals surface area contributed by atoms with E-state index < -0.39 is 17.8 Å². The van der Waals surface area contributed by atoms with Crippen LogP contribution in [0.2, 0.25) is 0 Å². The zero-order valence-corrected chi connectivity index (χ0v) is 11.6. The van der Waals surface area contributed by atoms with Gasteiger partial charge in [-0.1, -0.05) is 0 Å². The van der Waals surface area contributed by atoms with Crippen molar-refractivity contribution < 1.29 is 19.1 Å². The Hall–Kier alpha value is -2.15. The average molecular weight is 295 g/mol. The molecule has 0 aromatic heterocycles. The highest BCUT2D eigenvalue weighted by molar-refractivity contribution is 5.91. The summed E-state index contributed by atoms with van der Waals surface area (Å²) in [5, 5.41) is 13.7. The van der Waals surface area contributed by atoms with E-state index in [0.29, 0.717) is 6.54 Å². The predicted octanol–water partition coefficient (Wildman–Crippen LogP) is 1.74. The molecule has 0 bridgehead atoms. The third kappa shape index (κ3) is 4.42. The molecule has 2 rings (SSSR count). The molecule has 1 aliphatic rings. The number of hydrogen-bond donors (Lipinski definition) is 3. The molecule has 21 heavy (non-hydrogen) atoms. The van der Waals surface area contributed by atoms with Gasteiger partial charge in [0.15, 0.2) is 0 Å². The molecule has 1 aromatic rings. The number of likely N-dealkylation sites (tertiary alicyclic amines) is 1. The molecule has 1 aromatic carbocycles. The molecular formula is C14H18FN3O3. The van der Waals surface area contributed by atoms with Crippen molar-refractivity contribution in [2.24, 2.45) is 0 Å². The molecule has 0 radical (unpaired) electrons. The highest BCUT2D eigenvalue weighted by Crippen LogP contribution is 2.15. The smallest absolute Gasteiger partial charge is 0.335 e. The first-order chi connectivity index (χ1) is 10.1.